The van der Waals surface area contributed by atoms with E-state index in [1.54, 1.807) is 14.2 Å². The van der Waals surface area contributed by atoms with Crippen molar-refractivity contribution in [3.63, 3.8) is 0 Å². The average molecular weight is 370 g/mol. The van der Waals surface area contributed by atoms with Gasteiger partial charge in [0.2, 0.25) is 0 Å². The van der Waals surface area contributed by atoms with Crippen LogP contribution in [0.4, 0.5) is 0 Å². The maximum Gasteiger partial charge on any atom is 0.161 e. The van der Waals surface area contributed by atoms with Gasteiger partial charge >= 0.3 is 0 Å². The topological polar surface area (TPSA) is 43.0 Å². The van der Waals surface area contributed by atoms with E-state index < -0.39 is 0 Å². The number of rotatable bonds is 7. The molecule has 5 nitrogen and oxygen atoms in total. The molecule has 146 valence electrons. The Hall–Kier alpha value is -2.24. The molecule has 0 aliphatic carbocycles. The Kier molecular flexibility index (Phi) is 6.24. The minimum Gasteiger partial charge on any atom is -0.496 e. The summed E-state index contributed by atoms with van der Waals surface area (Å²) in [4.78, 5) is 2.11. The van der Waals surface area contributed by atoms with E-state index >= 15 is 0 Å². The Morgan fingerprint density at radius 1 is 1.04 bits per heavy atom. The Balaban J connectivity index is 1.94. The summed E-state index contributed by atoms with van der Waals surface area (Å²) in [5, 5.41) is 3.65. The van der Waals surface area contributed by atoms with Crippen molar-refractivity contribution in [3.05, 3.63) is 52.6 Å². The fourth-order valence-electron chi connectivity index (χ4n) is 3.55. The van der Waals surface area contributed by atoms with E-state index in [-0.39, 0.29) is 6.04 Å². The molecular formula is C22H30N2O3. The third-order valence-corrected chi connectivity index (χ3v) is 5.03. The second-order valence-electron chi connectivity index (χ2n) is 7.22. The zero-order chi connectivity index (χ0) is 19.4. The molecule has 0 saturated carbocycles. The number of nitrogens with zero attached hydrogens (tertiary/aromatic N) is 1. The van der Waals surface area contributed by atoms with Gasteiger partial charge in [0.15, 0.2) is 11.5 Å². The predicted octanol–water partition coefficient (Wildman–Crippen LogP) is 3.19. The highest BCUT2D eigenvalue weighted by Gasteiger charge is 2.24. The minimum atomic E-state index is 0.139. The molecule has 0 fully saturated rings. The van der Waals surface area contributed by atoms with Crippen molar-refractivity contribution in [2.24, 2.45) is 0 Å². The van der Waals surface area contributed by atoms with Crippen LogP contribution in [0.3, 0.4) is 0 Å². The van der Waals surface area contributed by atoms with Gasteiger partial charge in [-0.15, -0.1) is 0 Å². The van der Waals surface area contributed by atoms with Crippen LogP contribution < -0.4 is 19.5 Å². The van der Waals surface area contributed by atoms with E-state index in [9.17, 15) is 0 Å². The van der Waals surface area contributed by atoms with Crippen LogP contribution in [0.25, 0.3) is 0 Å². The summed E-state index contributed by atoms with van der Waals surface area (Å²) in [7, 11) is 7.49. The first-order chi connectivity index (χ1) is 13.0. The fourth-order valence-corrected chi connectivity index (χ4v) is 3.55. The molecule has 1 aliphatic rings. The predicted molar refractivity (Wildman–Crippen MR) is 108 cm³/mol. The molecule has 0 saturated heterocycles. The van der Waals surface area contributed by atoms with Gasteiger partial charge in [0.1, 0.15) is 12.4 Å². The van der Waals surface area contributed by atoms with Crippen molar-refractivity contribution < 1.29 is 14.2 Å². The number of benzene rings is 2. The fraction of sp³-hybridized carbons (Fsp3) is 0.455. The highest BCUT2D eigenvalue weighted by molar-refractivity contribution is 5.52. The number of methoxy groups -OCH3 is 2. The number of hydrogen-bond donors (Lipinski definition) is 1. The van der Waals surface area contributed by atoms with Crippen LogP contribution in [0.1, 0.15) is 28.3 Å². The van der Waals surface area contributed by atoms with Crippen LogP contribution in [0, 0.1) is 6.92 Å². The number of likely N-dealkylation sites (N-methyl/N-ethyl adjacent to an activating group) is 1. The molecule has 1 aliphatic heterocycles. The molecule has 0 aromatic heterocycles. The van der Waals surface area contributed by atoms with Crippen molar-refractivity contribution in [3.8, 4) is 17.2 Å². The lowest BCUT2D eigenvalue weighted by Crippen LogP contribution is -2.30. The molecule has 5 heteroatoms. The van der Waals surface area contributed by atoms with Gasteiger partial charge in [0.25, 0.3) is 0 Å². The lowest BCUT2D eigenvalue weighted by Gasteiger charge is -2.29. The van der Waals surface area contributed by atoms with Crippen LogP contribution in [0.15, 0.2) is 30.3 Å². The standard InChI is InChI=1S/C22H30N2O3/c1-15-12-17(6-7-19(15)25-4)22-18-14-21(27-11-10-24(2)3)20(26-5)13-16(18)8-9-23-22/h6-7,12-14,22-23H,8-11H2,1-5H3. The second kappa shape index (κ2) is 8.63. The Morgan fingerprint density at radius 2 is 1.81 bits per heavy atom. The zero-order valence-corrected chi connectivity index (χ0v) is 17.0. The SMILES string of the molecule is COc1ccc(C2NCCc3cc(OC)c(OCCN(C)C)cc32)cc1C. The lowest BCUT2D eigenvalue weighted by molar-refractivity contribution is 0.250. The first-order valence-corrected chi connectivity index (χ1v) is 9.39. The Morgan fingerprint density at radius 3 is 2.48 bits per heavy atom. The van der Waals surface area contributed by atoms with Crippen LogP contribution >= 0.6 is 0 Å². The number of fused-ring (bicyclic) bond motifs is 1. The second-order valence-corrected chi connectivity index (χ2v) is 7.22. The van der Waals surface area contributed by atoms with Gasteiger partial charge in [-0.05, 0) is 67.9 Å². The summed E-state index contributed by atoms with van der Waals surface area (Å²) in [5.41, 5.74) is 4.94. The molecule has 27 heavy (non-hydrogen) atoms. The van der Waals surface area contributed by atoms with E-state index in [1.807, 2.05) is 20.2 Å². The summed E-state index contributed by atoms with van der Waals surface area (Å²) < 4.78 is 17.0. The summed E-state index contributed by atoms with van der Waals surface area (Å²) in [6.07, 6.45) is 0.981. The molecule has 0 spiro atoms. The minimum absolute atomic E-state index is 0.139. The van der Waals surface area contributed by atoms with Crippen LogP contribution in [0.2, 0.25) is 0 Å². The molecule has 1 unspecified atom stereocenters. The summed E-state index contributed by atoms with van der Waals surface area (Å²) in [5.74, 6) is 2.52. The molecule has 2 aromatic carbocycles. The molecule has 2 aromatic rings. The number of ether oxygens (including phenoxy) is 3. The van der Waals surface area contributed by atoms with Crippen molar-refractivity contribution in [1.29, 1.82) is 0 Å². The van der Waals surface area contributed by atoms with Crippen molar-refractivity contribution >= 4 is 0 Å². The smallest absolute Gasteiger partial charge is 0.161 e. The molecular weight excluding hydrogens is 340 g/mol. The van der Waals surface area contributed by atoms with E-state index in [2.05, 4.69) is 41.4 Å². The Bertz CT molecular complexity index is 789. The van der Waals surface area contributed by atoms with E-state index in [4.69, 9.17) is 14.2 Å². The summed E-state index contributed by atoms with van der Waals surface area (Å²) >= 11 is 0. The quantitative estimate of drug-likeness (QED) is 0.811. The third kappa shape index (κ3) is 4.37. The summed E-state index contributed by atoms with van der Waals surface area (Å²) in [6.45, 7) is 4.50. The maximum absolute atomic E-state index is 6.03. The molecule has 0 radical (unpaired) electrons. The zero-order valence-electron chi connectivity index (χ0n) is 17.0. The van der Waals surface area contributed by atoms with Crippen molar-refractivity contribution in [2.75, 3.05) is 48.0 Å². The van der Waals surface area contributed by atoms with Gasteiger partial charge < -0.3 is 24.4 Å². The highest BCUT2D eigenvalue weighted by Crippen LogP contribution is 2.38. The van der Waals surface area contributed by atoms with Crippen LogP contribution in [0.5, 0.6) is 17.2 Å². The van der Waals surface area contributed by atoms with E-state index in [0.29, 0.717) is 6.61 Å². The van der Waals surface area contributed by atoms with Crippen LogP contribution in [-0.4, -0.2) is 52.9 Å². The van der Waals surface area contributed by atoms with Gasteiger partial charge in [-0.25, -0.2) is 0 Å². The normalized spacial score (nSPS) is 16.1. The monoisotopic (exact) mass is 370 g/mol. The number of nitrogens with one attached hydrogen (secondary N) is 1. The molecule has 1 N–H and O–H groups in total. The molecule has 1 atom stereocenters. The van der Waals surface area contributed by atoms with Gasteiger partial charge in [0.05, 0.1) is 20.3 Å². The van der Waals surface area contributed by atoms with E-state index in [0.717, 1.165) is 42.3 Å². The Labute approximate surface area is 162 Å². The van der Waals surface area contributed by atoms with Crippen molar-refractivity contribution in [1.82, 2.24) is 10.2 Å². The van der Waals surface area contributed by atoms with Gasteiger partial charge in [-0.2, -0.15) is 0 Å². The average Bonchev–Trinajstić information content (AvgIpc) is 2.66. The molecule has 1 heterocycles. The lowest BCUT2D eigenvalue weighted by atomic mass is 9.88. The van der Waals surface area contributed by atoms with Crippen molar-refractivity contribution in [2.45, 2.75) is 19.4 Å². The largest absolute Gasteiger partial charge is 0.496 e. The van der Waals surface area contributed by atoms with Gasteiger partial charge in [0, 0.05) is 13.1 Å². The van der Waals surface area contributed by atoms with Gasteiger partial charge in [-0.3, -0.25) is 0 Å². The first-order valence-electron chi connectivity index (χ1n) is 9.39. The number of aryl methyl sites for hydroxylation is 1. The molecule has 0 bridgehead atoms. The number of hydrogen-bond acceptors (Lipinski definition) is 5. The summed E-state index contributed by atoms with van der Waals surface area (Å²) in [6, 6.07) is 10.8. The molecule has 0 amide bonds. The maximum atomic E-state index is 6.03. The first kappa shape index (κ1) is 19.5. The van der Waals surface area contributed by atoms with Gasteiger partial charge in [-0.1, -0.05) is 12.1 Å². The highest BCUT2D eigenvalue weighted by atomic mass is 16.5. The van der Waals surface area contributed by atoms with Crippen LogP contribution in [-0.2, 0) is 6.42 Å². The third-order valence-electron chi connectivity index (χ3n) is 5.03. The molecule has 3 rings (SSSR count). The van der Waals surface area contributed by atoms with E-state index in [1.165, 1.54) is 16.7 Å².